The Morgan fingerprint density at radius 2 is 2.12 bits per heavy atom. The summed E-state index contributed by atoms with van der Waals surface area (Å²) in [5, 5.41) is 9.06. The van der Waals surface area contributed by atoms with E-state index in [2.05, 4.69) is 10.8 Å². The second-order valence-corrected chi connectivity index (χ2v) is 3.13. The Morgan fingerprint density at radius 1 is 1.44 bits per heavy atom. The maximum absolute atomic E-state index is 11.5. The molecule has 0 aromatic heterocycles. The van der Waals surface area contributed by atoms with Gasteiger partial charge in [-0.15, -0.1) is 0 Å². The fourth-order valence-electron chi connectivity index (χ4n) is 1.59. The van der Waals surface area contributed by atoms with Gasteiger partial charge in [-0.2, -0.15) is 5.26 Å². The van der Waals surface area contributed by atoms with Crippen molar-refractivity contribution in [2.45, 2.75) is 13.3 Å². The first-order valence-electron chi connectivity index (χ1n) is 4.87. The van der Waals surface area contributed by atoms with Gasteiger partial charge in [0.1, 0.15) is 11.8 Å². The van der Waals surface area contributed by atoms with Crippen LogP contribution in [-0.4, -0.2) is 20.2 Å². The minimum absolute atomic E-state index is 0.396. The number of ether oxygens (including phenoxy) is 2. The molecule has 0 radical (unpaired) electrons. The molecule has 0 aliphatic heterocycles. The van der Waals surface area contributed by atoms with E-state index in [-0.39, 0.29) is 0 Å². The zero-order valence-electron chi connectivity index (χ0n) is 9.53. The predicted molar refractivity (Wildman–Crippen MR) is 58.4 cm³/mol. The summed E-state index contributed by atoms with van der Waals surface area (Å²) in [5.41, 5.74) is 1.48. The molecule has 0 bridgehead atoms. The van der Waals surface area contributed by atoms with Gasteiger partial charge in [0, 0.05) is 0 Å². The summed E-state index contributed by atoms with van der Waals surface area (Å²) in [5.74, 6) is 0.0445. The van der Waals surface area contributed by atoms with Crippen LogP contribution in [0.2, 0.25) is 0 Å². The molecule has 0 aliphatic rings. The van der Waals surface area contributed by atoms with E-state index in [1.807, 2.05) is 6.92 Å². The molecule has 0 N–H and O–H groups in total. The molecular formula is C12H13NO3. The van der Waals surface area contributed by atoms with Crippen LogP contribution in [0.25, 0.3) is 0 Å². The van der Waals surface area contributed by atoms with Crippen molar-refractivity contribution >= 4 is 5.97 Å². The molecule has 0 saturated carbocycles. The number of rotatable bonds is 3. The molecule has 0 fully saturated rings. The minimum Gasteiger partial charge on any atom is -0.495 e. The van der Waals surface area contributed by atoms with Crippen LogP contribution >= 0.6 is 0 Å². The molecule has 0 spiro atoms. The molecule has 0 aliphatic carbocycles. The normalized spacial score (nSPS) is 9.38. The van der Waals surface area contributed by atoms with Crippen LogP contribution in [0.1, 0.15) is 28.4 Å². The number of nitriles is 1. The quantitative estimate of drug-likeness (QED) is 0.728. The SMILES string of the molecule is CCc1c(C(=O)OC)ccc(OC)c1C#N. The number of carbonyl (C=O) groups excluding carboxylic acids is 1. The maximum Gasteiger partial charge on any atom is 0.338 e. The van der Waals surface area contributed by atoms with Crippen molar-refractivity contribution in [3.63, 3.8) is 0 Å². The van der Waals surface area contributed by atoms with Crippen molar-refractivity contribution < 1.29 is 14.3 Å². The highest BCUT2D eigenvalue weighted by Crippen LogP contribution is 2.25. The molecule has 16 heavy (non-hydrogen) atoms. The van der Waals surface area contributed by atoms with Crippen LogP contribution in [-0.2, 0) is 11.2 Å². The van der Waals surface area contributed by atoms with Crippen LogP contribution in [0.3, 0.4) is 0 Å². The van der Waals surface area contributed by atoms with Gasteiger partial charge in [-0.1, -0.05) is 6.92 Å². The highest BCUT2D eigenvalue weighted by molar-refractivity contribution is 5.92. The Bertz CT molecular complexity index is 446. The van der Waals surface area contributed by atoms with E-state index >= 15 is 0 Å². The highest BCUT2D eigenvalue weighted by Gasteiger charge is 2.17. The number of hydrogen-bond acceptors (Lipinski definition) is 4. The largest absolute Gasteiger partial charge is 0.495 e. The first kappa shape index (κ1) is 12.1. The van der Waals surface area contributed by atoms with Crippen molar-refractivity contribution in [1.82, 2.24) is 0 Å². The Kier molecular flexibility index (Phi) is 3.90. The number of esters is 1. The summed E-state index contributed by atoms with van der Waals surface area (Å²) in [7, 11) is 2.81. The first-order chi connectivity index (χ1) is 7.69. The third kappa shape index (κ3) is 1.98. The molecule has 4 heteroatoms. The summed E-state index contributed by atoms with van der Waals surface area (Å²) in [6.07, 6.45) is 0.574. The standard InChI is InChI=1S/C12H13NO3/c1-4-8-9(12(14)16-3)5-6-11(15-2)10(8)7-13/h5-6H,4H2,1-3H3. The molecule has 84 valence electrons. The van der Waals surface area contributed by atoms with Gasteiger partial charge in [-0.05, 0) is 24.1 Å². The van der Waals surface area contributed by atoms with E-state index in [1.54, 1.807) is 12.1 Å². The van der Waals surface area contributed by atoms with Gasteiger partial charge in [-0.25, -0.2) is 4.79 Å². The van der Waals surface area contributed by atoms with E-state index in [0.29, 0.717) is 28.9 Å². The van der Waals surface area contributed by atoms with E-state index in [4.69, 9.17) is 10.00 Å². The average molecular weight is 219 g/mol. The molecule has 4 nitrogen and oxygen atoms in total. The third-order valence-electron chi connectivity index (χ3n) is 2.37. The van der Waals surface area contributed by atoms with E-state index in [9.17, 15) is 4.79 Å². The monoisotopic (exact) mass is 219 g/mol. The van der Waals surface area contributed by atoms with E-state index in [0.717, 1.165) is 0 Å². The van der Waals surface area contributed by atoms with Crippen molar-refractivity contribution in [3.05, 3.63) is 28.8 Å². The smallest absolute Gasteiger partial charge is 0.338 e. The lowest BCUT2D eigenvalue weighted by molar-refractivity contribution is 0.0599. The lowest BCUT2D eigenvalue weighted by Gasteiger charge is -2.11. The van der Waals surface area contributed by atoms with Gasteiger partial charge in [0.15, 0.2) is 0 Å². The fraction of sp³-hybridized carbons (Fsp3) is 0.333. The van der Waals surface area contributed by atoms with Gasteiger partial charge >= 0.3 is 5.97 Å². The summed E-state index contributed by atoms with van der Waals surface area (Å²) < 4.78 is 9.74. The molecule has 0 heterocycles. The van der Waals surface area contributed by atoms with Crippen molar-refractivity contribution in [1.29, 1.82) is 5.26 Å². The van der Waals surface area contributed by atoms with Crippen molar-refractivity contribution in [3.8, 4) is 11.8 Å². The average Bonchev–Trinajstić information content (AvgIpc) is 2.35. The zero-order chi connectivity index (χ0) is 12.1. The Morgan fingerprint density at radius 3 is 2.56 bits per heavy atom. The van der Waals surface area contributed by atoms with Gasteiger partial charge in [0.25, 0.3) is 0 Å². The number of benzene rings is 1. The minimum atomic E-state index is -0.434. The lowest BCUT2D eigenvalue weighted by Crippen LogP contribution is -2.08. The second kappa shape index (κ2) is 5.17. The van der Waals surface area contributed by atoms with Crippen molar-refractivity contribution in [2.75, 3.05) is 14.2 Å². The molecular weight excluding hydrogens is 206 g/mol. The molecule has 0 unspecified atom stereocenters. The van der Waals surface area contributed by atoms with E-state index < -0.39 is 5.97 Å². The molecule has 1 aromatic carbocycles. The summed E-state index contributed by atoms with van der Waals surface area (Å²) in [6, 6.07) is 5.27. The van der Waals surface area contributed by atoms with Crippen molar-refractivity contribution in [2.24, 2.45) is 0 Å². The number of methoxy groups -OCH3 is 2. The zero-order valence-corrected chi connectivity index (χ0v) is 9.53. The molecule has 1 rings (SSSR count). The van der Waals surface area contributed by atoms with Gasteiger partial charge in [0.05, 0.1) is 25.3 Å². The Balaban J connectivity index is 3.44. The topological polar surface area (TPSA) is 59.3 Å². The Hall–Kier alpha value is -2.02. The summed E-state index contributed by atoms with van der Waals surface area (Å²) >= 11 is 0. The summed E-state index contributed by atoms with van der Waals surface area (Å²) in [6.45, 7) is 1.88. The van der Waals surface area contributed by atoms with Gasteiger partial charge in [0.2, 0.25) is 0 Å². The summed E-state index contributed by atoms with van der Waals surface area (Å²) in [4.78, 5) is 11.5. The number of hydrogen-bond donors (Lipinski definition) is 0. The Labute approximate surface area is 94.4 Å². The van der Waals surface area contributed by atoms with Gasteiger partial charge < -0.3 is 9.47 Å². The number of nitrogens with zero attached hydrogens (tertiary/aromatic N) is 1. The lowest BCUT2D eigenvalue weighted by atomic mass is 9.98. The van der Waals surface area contributed by atoms with Gasteiger partial charge in [-0.3, -0.25) is 0 Å². The number of carbonyl (C=O) groups is 1. The molecule has 1 aromatic rings. The molecule has 0 amide bonds. The highest BCUT2D eigenvalue weighted by atomic mass is 16.5. The van der Waals surface area contributed by atoms with Crippen LogP contribution in [0.15, 0.2) is 12.1 Å². The first-order valence-corrected chi connectivity index (χ1v) is 4.87. The van der Waals surface area contributed by atoms with Crippen LogP contribution < -0.4 is 4.74 Å². The van der Waals surface area contributed by atoms with Crippen LogP contribution in [0.4, 0.5) is 0 Å². The fourth-order valence-corrected chi connectivity index (χ4v) is 1.59. The van der Waals surface area contributed by atoms with Crippen LogP contribution in [0, 0.1) is 11.3 Å². The van der Waals surface area contributed by atoms with Crippen LogP contribution in [0.5, 0.6) is 5.75 Å². The maximum atomic E-state index is 11.5. The third-order valence-corrected chi connectivity index (χ3v) is 2.37. The molecule has 0 saturated heterocycles. The molecule has 0 atom stereocenters. The predicted octanol–water partition coefficient (Wildman–Crippen LogP) is 1.92. The second-order valence-electron chi connectivity index (χ2n) is 3.13. The van der Waals surface area contributed by atoms with E-state index in [1.165, 1.54) is 14.2 Å².